The summed E-state index contributed by atoms with van der Waals surface area (Å²) >= 11 is 3.73. The summed E-state index contributed by atoms with van der Waals surface area (Å²) in [7, 11) is 7.41. The minimum Gasteiger partial charge on any atom is -0.497 e. The van der Waals surface area contributed by atoms with Gasteiger partial charge >= 0.3 is 136 Å². The molecule has 0 fully saturated rings. The van der Waals surface area contributed by atoms with Crippen molar-refractivity contribution in [2.75, 3.05) is 38.1 Å². The second-order valence-corrected chi connectivity index (χ2v) is 33.9. The number of fused-ring (bicyclic) bond motifs is 2. The summed E-state index contributed by atoms with van der Waals surface area (Å²) in [4.78, 5) is 41.2. The summed E-state index contributed by atoms with van der Waals surface area (Å²) in [5.74, 6) is 5.49. The van der Waals surface area contributed by atoms with Crippen molar-refractivity contribution >= 4 is 45.3 Å². The van der Waals surface area contributed by atoms with Gasteiger partial charge < -0.3 is 23.4 Å². The van der Waals surface area contributed by atoms with Crippen LogP contribution in [0.15, 0.2) is 119 Å². The number of ether oxygens (including phenoxy) is 2. The maximum absolute atomic E-state index is 6.08. The van der Waals surface area contributed by atoms with Gasteiger partial charge in [0, 0.05) is 56.0 Å². The Balaban J connectivity index is 0.000000159. The molecule has 8 aromatic rings. The fraction of sp³-hybridized carbons (Fsp3) is 0.419. The Morgan fingerprint density at radius 1 is 0.564 bits per heavy atom. The Kier molecular flexibility index (Phi) is 21.5. The van der Waals surface area contributed by atoms with Crippen molar-refractivity contribution in [2.45, 2.75) is 137 Å². The Hall–Kier alpha value is -6.39. The van der Waals surface area contributed by atoms with Crippen molar-refractivity contribution < 1.29 is 18.3 Å². The zero-order valence-electron chi connectivity index (χ0n) is 46.8. The van der Waals surface area contributed by atoms with E-state index in [9.17, 15) is 0 Å². The van der Waals surface area contributed by atoms with Crippen LogP contribution < -0.4 is 23.0 Å². The van der Waals surface area contributed by atoms with Gasteiger partial charge in [-0.05, 0) is 67.3 Å². The predicted molar refractivity (Wildman–Crippen MR) is 314 cm³/mol. The minimum absolute atomic E-state index is 0.305. The average Bonchev–Trinajstić information content (AvgIpc) is 4.41. The molecule has 2 aromatic carbocycles. The van der Waals surface area contributed by atoms with Crippen molar-refractivity contribution in [3.8, 4) is 23.0 Å². The smallest absolute Gasteiger partial charge is 0.224 e. The first-order valence-electron chi connectivity index (χ1n) is 27.9. The van der Waals surface area contributed by atoms with Gasteiger partial charge in [-0.15, -0.1) is 0 Å². The van der Waals surface area contributed by atoms with Crippen LogP contribution in [0.2, 0.25) is 18.6 Å². The summed E-state index contributed by atoms with van der Waals surface area (Å²) in [6, 6.07) is 28.5. The van der Waals surface area contributed by atoms with Gasteiger partial charge in [0.2, 0.25) is 17.1 Å². The molecule has 0 N–H and O–H groups in total. The van der Waals surface area contributed by atoms with Crippen LogP contribution in [0.3, 0.4) is 0 Å². The molecule has 0 saturated heterocycles. The van der Waals surface area contributed by atoms with Crippen LogP contribution in [0.25, 0.3) is 11.5 Å². The molecule has 10 rings (SSSR count). The second kappa shape index (κ2) is 29.0. The third kappa shape index (κ3) is 15.7. The molecule has 16 heteroatoms. The van der Waals surface area contributed by atoms with Crippen LogP contribution in [0.1, 0.15) is 129 Å². The van der Waals surface area contributed by atoms with E-state index in [1.807, 2.05) is 79.8 Å². The number of halogens is 1. The van der Waals surface area contributed by atoms with Crippen LogP contribution >= 0.6 is 11.6 Å². The summed E-state index contributed by atoms with van der Waals surface area (Å²) in [6.45, 7) is 8.03. The summed E-state index contributed by atoms with van der Waals surface area (Å²) in [6.07, 6.45) is 22.8. The topological polar surface area (TPSA) is 154 Å². The predicted octanol–water partition coefficient (Wildman–Crippen LogP) is 13.2. The average molecular weight is 1180 g/mol. The molecule has 0 saturated carbocycles. The van der Waals surface area contributed by atoms with Gasteiger partial charge in [-0.2, -0.15) is 0 Å². The van der Waals surface area contributed by atoms with E-state index < -0.39 is 18.4 Å². The van der Waals surface area contributed by atoms with Crippen molar-refractivity contribution in [3.63, 3.8) is 0 Å². The number of anilines is 2. The Morgan fingerprint density at radius 2 is 1.05 bits per heavy atom. The Bertz CT molecular complexity index is 3100. The Labute approximate surface area is 470 Å². The van der Waals surface area contributed by atoms with Gasteiger partial charge in [0.05, 0.1) is 37.3 Å². The molecule has 410 valence electrons. The number of nitrogens with zero attached hydrogens (tertiary/aromatic N) is 10. The maximum Gasteiger partial charge on any atom is 0.224 e. The molecular formula is C62H77ClN10O4Sn. The summed E-state index contributed by atoms with van der Waals surface area (Å²) in [5.41, 5.74) is 9.56. The van der Waals surface area contributed by atoms with Crippen LogP contribution in [-0.4, -0.2) is 86.6 Å². The van der Waals surface area contributed by atoms with Crippen molar-refractivity contribution in [1.29, 1.82) is 0 Å². The van der Waals surface area contributed by atoms with Crippen molar-refractivity contribution in [1.82, 2.24) is 39.9 Å². The second-order valence-electron chi connectivity index (χ2n) is 20.5. The summed E-state index contributed by atoms with van der Waals surface area (Å²) < 4.78 is 28.1. The fourth-order valence-corrected chi connectivity index (χ4v) is 26.1. The Morgan fingerprint density at radius 3 is 1.56 bits per heavy atom. The first-order chi connectivity index (χ1) is 38.1. The normalized spacial score (nSPS) is 12.5. The standard InChI is InChI=1S/C25H25N5O2.C19H19ClN4O.C6H6NO.3C4H9.Sn/c1-30(15-23-27-18(16-32-23)13-17-7-4-3-5-8-17)25-20-9-6-10-21(20)28-24(29-25)22-14-19(31-2)11-12-26-22;1-24(18-15-8-5-9-16(15)22-19(20)23-18)11-17-21-14(12-25-17)10-13-6-3-2-4-7-13;1-8-6-2-4-7-5-3-6;3*1-3-4-2;/h3-5,7-8,11-12,14,16H,6,9-10,13,15H2,1-2H3;2-4,6-7,12H,5,8-11H2,1H3;2-4H,1H3;3*1,3-4H2,2H3;. The molecule has 0 amide bonds. The van der Waals surface area contributed by atoms with Gasteiger partial charge in [0.1, 0.15) is 35.6 Å². The molecule has 2 aliphatic carbocycles. The number of benzene rings is 2. The molecule has 0 atom stereocenters. The van der Waals surface area contributed by atoms with Gasteiger partial charge in [-0.3, -0.25) is 4.98 Å². The zero-order valence-corrected chi connectivity index (χ0v) is 50.4. The van der Waals surface area contributed by atoms with Crippen molar-refractivity contribution in [3.05, 3.63) is 172 Å². The third-order valence-electron chi connectivity index (χ3n) is 14.7. The minimum atomic E-state index is -2.35. The maximum atomic E-state index is 6.08. The number of rotatable bonds is 23. The third-order valence-corrected chi connectivity index (χ3v) is 29.9. The molecule has 0 unspecified atom stereocenters. The van der Waals surface area contributed by atoms with Crippen LogP contribution in [0.5, 0.6) is 11.5 Å². The molecular weight excluding hydrogens is 1100 g/mol. The number of unbranched alkanes of at least 4 members (excludes halogenated alkanes) is 3. The van der Waals surface area contributed by atoms with Crippen molar-refractivity contribution in [2.24, 2.45) is 0 Å². The molecule has 0 spiro atoms. The fourth-order valence-electron chi connectivity index (χ4n) is 10.5. The zero-order chi connectivity index (χ0) is 54.7. The van der Waals surface area contributed by atoms with E-state index in [1.54, 1.807) is 32.9 Å². The molecule has 0 aliphatic heterocycles. The largest absolute Gasteiger partial charge is 0.497 e. The van der Waals surface area contributed by atoms with Gasteiger partial charge in [0.25, 0.3) is 0 Å². The monoisotopic (exact) mass is 1180 g/mol. The number of hydrogen-bond acceptors (Lipinski definition) is 14. The van der Waals surface area contributed by atoms with E-state index in [0.29, 0.717) is 41.7 Å². The van der Waals surface area contributed by atoms with E-state index in [-0.39, 0.29) is 0 Å². The molecule has 14 nitrogen and oxygen atoms in total. The van der Waals surface area contributed by atoms with Gasteiger partial charge in [-0.1, -0.05) is 60.7 Å². The quantitative estimate of drug-likeness (QED) is 0.0441. The first kappa shape index (κ1) is 57.8. The molecule has 6 aromatic heterocycles. The number of aryl methyl sites for hydroxylation is 2. The first-order valence-corrected chi connectivity index (χ1v) is 35.8. The molecule has 6 heterocycles. The number of pyridine rings is 2. The number of aromatic nitrogens is 8. The van der Waals surface area contributed by atoms with E-state index in [2.05, 4.69) is 80.9 Å². The molecule has 78 heavy (non-hydrogen) atoms. The number of oxazole rings is 2. The SMILES string of the molecule is CCC[CH2][Sn]([CH2]CCC)([CH2]CCC)[c]1cc(OC)ccn1.CN(Cc1nc(Cc2ccccc2)co1)c1nc(Cl)nc2c1CCC2.COc1ccnc(-c2nc3c(c(N(C)Cc4nc(Cc5ccccc5)co4)n2)CCC3)c1. The van der Waals surface area contributed by atoms with E-state index in [1.165, 1.54) is 77.8 Å². The van der Waals surface area contributed by atoms with Crippen LogP contribution in [-0.2, 0) is 51.6 Å². The number of methoxy groups -OCH3 is 2. The van der Waals surface area contributed by atoms with E-state index in [4.69, 9.17) is 44.9 Å². The number of hydrogen-bond donors (Lipinski definition) is 0. The molecule has 0 radical (unpaired) electrons. The summed E-state index contributed by atoms with van der Waals surface area (Å²) in [5, 5.41) is 0.305. The van der Waals surface area contributed by atoms with Gasteiger partial charge in [0.15, 0.2) is 5.82 Å². The van der Waals surface area contributed by atoms with Crippen LogP contribution in [0.4, 0.5) is 11.6 Å². The molecule has 2 aliphatic rings. The van der Waals surface area contributed by atoms with Crippen LogP contribution in [0, 0.1) is 0 Å². The van der Waals surface area contributed by atoms with Gasteiger partial charge in [-0.25, -0.2) is 29.9 Å². The molecule has 0 bridgehead atoms. The van der Waals surface area contributed by atoms with E-state index in [0.717, 1.165) is 97.3 Å². The van der Waals surface area contributed by atoms with E-state index >= 15 is 0 Å².